The molecule has 0 saturated carbocycles. The number of nitrogens with one attached hydrogen (secondary N) is 1. The number of hydrogen-bond acceptors (Lipinski definition) is 1. The van der Waals surface area contributed by atoms with Gasteiger partial charge in [-0.2, -0.15) is 0 Å². The molecule has 1 N–H and O–H groups in total. The highest BCUT2D eigenvalue weighted by molar-refractivity contribution is 9.10. The van der Waals surface area contributed by atoms with Crippen LogP contribution in [-0.4, -0.2) is 5.91 Å². The molecule has 19 heavy (non-hydrogen) atoms. The van der Waals surface area contributed by atoms with E-state index in [2.05, 4.69) is 21.2 Å². The maximum Gasteiger partial charge on any atom is 0.228 e. The van der Waals surface area contributed by atoms with Crippen LogP contribution >= 0.6 is 15.9 Å². The second kappa shape index (κ2) is 5.97. The van der Waals surface area contributed by atoms with Crippen LogP contribution in [0.25, 0.3) is 0 Å². The molecule has 0 radical (unpaired) electrons. The molecule has 0 aliphatic heterocycles. The van der Waals surface area contributed by atoms with Crippen molar-refractivity contribution in [3.8, 4) is 0 Å². The number of aryl methyl sites for hydroxylation is 1. The third kappa shape index (κ3) is 3.64. The van der Waals surface area contributed by atoms with E-state index in [0.29, 0.717) is 16.6 Å². The lowest BCUT2D eigenvalue weighted by Crippen LogP contribution is -2.15. The van der Waals surface area contributed by atoms with Crippen molar-refractivity contribution in [2.45, 2.75) is 13.3 Å². The third-order valence-corrected chi connectivity index (χ3v) is 3.42. The topological polar surface area (TPSA) is 29.1 Å². The minimum Gasteiger partial charge on any atom is -0.326 e. The van der Waals surface area contributed by atoms with Crippen molar-refractivity contribution >= 4 is 27.5 Å². The van der Waals surface area contributed by atoms with Crippen LogP contribution in [0, 0.1) is 12.7 Å². The molecule has 1 amide bonds. The Morgan fingerprint density at radius 3 is 2.68 bits per heavy atom. The van der Waals surface area contributed by atoms with E-state index >= 15 is 0 Å². The summed E-state index contributed by atoms with van der Waals surface area (Å²) in [6.45, 7) is 1.97. The summed E-state index contributed by atoms with van der Waals surface area (Å²) >= 11 is 3.09. The predicted octanol–water partition coefficient (Wildman–Crippen LogP) is 4.08. The largest absolute Gasteiger partial charge is 0.326 e. The first-order chi connectivity index (χ1) is 9.06. The number of hydrogen-bond donors (Lipinski definition) is 1. The summed E-state index contributed by atoms with van der Waals surface area (Å²) in [5.74, 6) is -0.468. The molecule has 0 aliphatic carbocycles. The zero-order valence-electron chi connectivity index (χ0n) is 10.4. The minimum absolute atomic E-state index is 0.118. The molecular formula is C15H13BrFNO. The molecule has 0 aliphatic rings. The van der Waals surface area contributed by atoms with Gasteiger partial charge >= 0.3 is 0 Å². The van der Waals surface area contributed by atoms with Crippen LogP contribution < -0.4 is 5.32 Å². The fourth-order valence-electron chi connectivity index (χ4n) is 1.76. The SMILES string of the molecule is Cc1ccccc1CC(=O)Nc1ccc(F)c(Br)c1. The Bertz CT molecular complexity index is 613. The molecule has 0 fully saturated rings. The van der Waals surface area contributed by atoms with Crippen molar-refractivity contribution < 1.29 is 9.18 Å². The lowest BCUT2D eigenvalue weighted by Gasteiger charge is -2.08. The summed E-state index contributed by atoms with van der Waals surface area (Å²) in [5.41, 5.74) is 2.64. The number of amides is 1. The van der Waals surface area contributed by atoms with Gasteiger partial charge in [-0.1, -0.05) is 24.3 Å². The van der Waals surface area contributed by atoms with Crippen LogP contribution in [0.4, 0.5) is 10.1 Å². The summed E-state index contributed by atoms with van der Waals surface area (Å²) < 4.78 is 13.4. The smallest absolute Gasteiger partial charge is 0.228 e. The average molecular weight is 322 g/mol. The van der Waals surface area contributed by atoms with Crippen molar-refractivity contribution in [1.82, 2.24) is 0 Å². The van der Waals surface area contributed by atoms with Crippen LogP contribution in [0.1, 0.15) is 11.1 Å². The van der Waals surface area contributed by atoms with Gasteiger partial charge in [0.05, 0.1) is 10.9 Å². The van der Waals surface area contributed by atoms with E-state index in [1.54, 1.807) is 6.07 Å². The van der Waals surface area contributed by atoms with Gasteiger partial charge in [0.2, 0.25) is 5.91 Å². The lowest BCUT2D eigenvalue weighted by atomic mass is 10.1. The number of rotatable bonds is 3. The normalized spacial score (nSPS) is 10.3. The molecule has 2 aromatic carbocycles. The Kier molecular flexibility index (Phi) is 4.32. The van der Waals surface area contributed by atoms with E-state index in [0.717, 1.165) is 11.1 Å². The zero-order chi connectivity index (χ0) is 13.8. The van der Waals surface area contributed by atoms with Crippen LogP contribution in [0.15, 0.2) is 46.9 Å². The highest BCUT2D eigenvalue weighted by Crippen LogP contribution is 2.20. The number of halogens is 2. The van der Waals surface area contributed by atoms with Gasteiger partial charge in [-0.25, -0.2) is 4.39 Å². The first-order valence-electron chi connectivity index (χ1n) is 5.85. The summed E-state index contributed by atoms with van der Waals surface area (Å²) in [6.07, 6.45) is 0.307. The molecule has 4 heteroatoms. The molecule has 0 bridgehead atoms. The van der Waals surface area contributed by atoms with Crippen LogP contribution in [-0.2, 0) is 11.2 Å². The van der Waals surface area contributed by atoms with Crippen LogP contribution in [0.5, 0.6) is 0 Å². The molecule has 0 unspecified atom stereocenters. The Morgan fingerprint density at radius 2 is 2.00 bits per heavy atom. The molecule has 0 saturated heterocycles. The average Bonchev–Trinajstić information content (AvgIpc) is 2.37. The van der Waals surface area contributed by atoms with E-state index in [1.807, 2.05) is 31.2 Å². The van der Waals surface area contributed by atoms with Crippen LogP contribution in [0.2, 0.25) is 0 Å². The lowest BCUT2D eigenvalue weighted by molar-refractivity contribution is -0.115. The maximum atomic E-state index is 13.1. The minimum atomic E-state index is -0.350. The second-order valence-electron chi connectivity index (χ2n) is 4.28. The Morgan fingerprint density at radius 1 is 1.26 bits per heavy atom. The Labute approximate surface area is 119 Å². The van der Waals surface area contributed by atoms with Gasteiger partial charge in [0.1, 0.15) is 5.82 Å². The van der Waals surface area contributed by atoms with E-state index < -0.39 is 0 Å². The molecule has 2 aromatic rings. The van der Waals surface area contributed by atoms with Crippen molar-refractivity contribution in [1.29, 1.82) is 0 Å². The van der Waals surface area contributed by atoms with Crippen LogP contribution in [0.3, 0.4) is 0 Å². The number of benzene rings is 2. The molecule has 98 valence electrons. The van der Waals surface area contributed by atoms with Gasteiger partial charge in [-0.05, 0) is 52.2 Å². The van der Waals surface area contributed by atoms with Crippen molar-refractivity contribution in [2.75, 3.05) is 5.32 Å². The maximum absolute atomic E-state index is 13.1. The summed E-state index contributed by atoms with van der Waals surface area (Å²) in [6, 6.07) is 12.1. The summed E-state index contributed by atoms with van der Waals surface area (Å²) in [7, 11) is 0. The van der Waals surface area contributed by atoms with Gasteiger partial charge in [0.15, 0.2) is 0 Å². The first kappa shape index (κ1) is 13.7. The van der Waals surface area contributed by atoms with E-state index in [-0.39, 0.29) is 11.7 Å². The second-order valence-corrected chi connectivity index (χ2v) is 5.13. The van der Waals surface area contributed by atoms with Gasteiger partial charge in [-0.3, -0.25) is 4.79 Å². The van der Waals surface area contributed by atoms with Gasteiger partial charge < -0.3 is 5.32 Å². The van der Waals surface area contributed by atoms with Gasteiger partial charge in [0.25, 0.3) is 0 Å². The summed E-state index contributed by atoms with van der Waals surface area (Å²) in [4.78, 5) is 11.9. The van der Waals surface area contributed by atoms with E-state index in [9.17, 15) is 9.18 Å². The van der Waals surface area contributed by atoms with Gasteiger partial charge in [-0.15, -0.1) is 0 Å². The standard InChI is InChI=1S/C15H13BrFNO/c1-10-4-2-3-5-11(10)8-15(19)18-12-6-7-14(17)13(16)9-12/h2-7,9H,8H2,1H3,(H,18,19). The molecule has 0 aromatic heterocycles. The highest BCUT2D eigenvalue weighted by atomic mass is 79.9. The third-order valence-electron chi connectivity index (χ3n) is 2.82. The van der Waals surface area contributed by atoms with Crippen molar-refractivity contribution in [2.24, 2.45) is 0 Å². The Balaban J connectivity index is 2.05. The number of anilines is 1. The Hall–Kier alpha value is -1.68. The monoisotopic (exact) mass is 321 g/mol. The quantitative estimate of drug-likeness (QED) is 0.906. The molecule has 2 rings (SSSR count). The fourth-order valence-corrected chi connectivity index (χ4v) is 2.14. The number of carbonyl (C=O) groups excluding carboxylic acids is 1. The number of carbonyl (C=O) groups is 1. The molecule has 0 atom stereocenters. The predicted molar refractivity (Wildman–Crippen MR) is 77.6 cm³/mol. The fraction of sp³-hybridized carbons (Fsp3) is 0.133. The molecule has 0 spiro atoms. The molecule has 0 heterocycles. The molecular weight excluding hydrogens is 309 g/mol. The summed E-state index contributed by atoms with van der Waals surface area (Å²) in [5, 5.41) is 2.75. The molecule has 2 nitrogen and oxygen atoms in total. The highest BCUT2D eigenvalue weighted by Gasteiger charge is 2.07. The van der Waals surface area contributed by atoms with Crippen molar-refractivity contribution in [3.63, 3.8) is 0 Å². The van der Waals surface area contributed by atoms with Crippen molar-refractivity contribution in [3.05, 3.63) is 63.9 Å². The first-order valence-corrected chi connectivity index (χ1v) is 6.65. The zero-order valence-corrected chi connectivity index (χ0v) is 12.0. The van der Waals surface area contributed by atoms with E-state index in [4.69, 9.17) is 0 Å². The van der Waals surface area contributed by atoms with E-state index in [1.165, 1.54) is 12.1 Å². The van der Waals surface area contributed by atoms with Gasteiger partial charge in [0, 0.05) is 5.69 Å².